The molecule has 0 N–H and O–H groups in total. The number of rotatable bonds is 3. The van der Waals surface area contributed by atoms with E-state index in [4.69, 9.17) is 33.9 Å². The van der Waals surface area contributed by atoms with Gasteiger partial charge in [0, 0.05) is 19.1 Å². The molecule has 2 aromatic carbocycles. The van der Waals surface area contributed by atoms with Gasteiger partial charge in [-0.15, -0.1) is 0 Å². The van der Waals surface area contributed by atoms with Crippen molar-refractivity contribution >= 4 is 34.5 Å². The normalized spacial score (nSPS) is 22.1. The molecule has 1 aromatic heterocycles. The zero-order chi connectivity index (χ0) is 23.2. The number of hydrogen-bond donors (Lipinski definition) is 0. The smallest absolute Gasteiger partial charge is 0.231 e. The van der Waals surface area contributed by atoms with Gasteiger partial charge in [0.2, 0.25) is 6.79 Å². The summed E-state index contributed by atoms with van der Waals surface area (Å²) >= 11 is 11.6. The molecular weight excluding hydrogens is 473 g/mol. The molecule has 0 aliphatic carbocycles. The molecule has 0 unspecified atom stereocenters. The summed E-state index contributed by atoms with van der Waals surface area (Å²) in [5.74, 6) is 1.26. The summed E-state index contributed by atoms with van der Waals surface area (Å²) in [7, 11) is 0. The van der Waals surface area contributed by atoms with Gasteiger partial charge in [-0.2, -0.15) is 9.78 Å². The lowest BCUT2D eigenvalue weighted by Crippen LogP contribution is -2.59. The highest BCUT2D eigenvalue weighted by atomic mass is 32.1. The van der Waals surface area contributed by atoms with Gasteiger partial charge < -0.3 is 19.3 Å². The summed E-state index contributed by atoms with van der Waals surface area (Å²) in [5, 5.41) is 4.82. The Bertz CT molecular complexity index is 1230. The van der Waals surface area contributed by atoms with E-state index >= 15 is 0 Å². The molecule has 2 saturated heterocycles. The number of ether oxygens (including phenoxy) is 2. The molecule has 2 atom stereocenters. The lowest BCUT2D eigenvalue weighted by Gasteiger charge is -2.55. The third-order valence-electron chi connectivity index (χ3n) is 6.85. The Hall–Kier alpha value is -3.11. The molecule has 0 bridgehead atoms. The fraction of sp³-hybridized carbons (Fsp3) is 0.333. The van der Waals surface area contributed by atoms with E-state index in [1.165, 1.54) is 18.5 Å². The zero-order valence-electron chi connectivity index (χ0n) is 18.2. The van der Waals surface area contributed by atoms with Crippen molar-refractivity contribution in [1.82, 2.24) is 24.6 Å². The number of benzene rings is 2. The first-order valence-corrected chi connectivity index (χ1v) is 12.0. The van der Waals surface area contributed by atoms with Gasteiger partial charge in [0.05, 0.1) is 16.9 Å². The molecule has 2 fully saturated rings. The fourth-order valence-corrected chi connectivity index (χ4v) is 5.96. The minimum absolute atomic E-state index is 0.00484. The van der Waals surface area contributed by atoms with E-state index < -0.39 is 0 Å². The van der Waals surface area contributed by atoms with Crippen molar-refractivity contribution in [3.05, 3.63) is 72.1 Å². The number of nitrogens with zero attached hydrogens (tertiary/aromatic N) is 5. The van der Waals surface area contributed by atoms with Crippen molar-refractivity contribution in [3.8, 4) is 11.5 Å². The van der Waals surface area contributed by atoms with Crippen molar-refractivity contribution in [3.63, 3.8) is 0 Å². The van der Waals surface area contributed by atoms with Crippen molar-refractivity contribution in [1.29, 1.82) is 0 Å². The number of fused-ring (bicyclic) bond motifs is 1. The maximum Gasteiger partial charge on any atom is 0.231 e. The van der Waals surface area contributed by atoms with Gasteiger partial charge in [-0.1, -0.05) is 30.4 Å². The molecule has 0 amide bonds. The van der Waals surface area contributed by atoms with Crippen LogP contribution in [0.3, 0.4) is 0 Å². The number of thiocarbonyl (C=S) groups is 2. The Labute approximate surface area is 207 Å². The molecule has 0 saturated carbocycles. The quantitative estimate of drug-likeness (QED) is 0.507. The summed E-state index contributed by atoms with van der Waals surface area (Å²) in [5.41, 5.74) is 2.14. The third kappa shape index (κ3) is 3.61. The van der Waals surface area contributed by atoms with Crippen LogP contribution in [-0.4, -0.2) is 60.6 Å². The van der Waals surface area contributed by atoms with Crippen molar-refractivity contribution in [2.45, 2.75) is 30.8 Å². The predicted octanol–water partition coefficient (Wildman–Crippen LogP) is 3.91. The highest BCUT2D eigenvalue weighted by Gasteiger charge is 2.49. The van der Waals surface area contributed by atoms with Crippen LogP contribution >= 0.6 is 24.4 Å². The molecule has 3 aliphatic heterocycles. The Morgan fingerprint density at radius 2 is 1.74 bits per heavy atom. The fourth-order valence-electron chi connectivity index (χ4n) is 5.15. The average Bonchev–Trinajstić information content (AvgIpc) is 3.56. The second kappa shape index (κ2) is 8.59. The first-order valence-electron chi connectivity index (χ1n) is 11.2. The standard InChI is InChI=1S/C24H22FN5O2S2/c25-17-4-1-15(2-5-17)21-22(16-3-6-19-20(11-16)32-14-31-19)30(23(21)33)18-7-9-28(10-8-18)24(34)29-13-26-12-27-29/h1-6,11-13,18,21-22H,7-10,14H2/t21-,22-/m1/s1. The summed E-state index contributed by atoms with van der Waals surface area (Å²) in [6.07, 6.45) is 4.96. The largest absolute Gasteiger partial charge is 0.454 e. The molecule has 7 nitrogen and oxygen atoms in total. The van der Waals surface area contributed by atoms with Gasteiger partial charge in [-0.05, 0) is 60.5 Å². The second-order valence-corrected chi connectivity index (χ2v) is 9.46. The molecule has 34 heavy (non-hydrogen) atoms. The maximum atomic E-state index is 13.6. The van der Waals surface area contributed by atoms with E-state index in [-0.39, 0.29) is 30.6 Å². The minimum atomic E-state index is -0.249. The highest BCUT2D eigenvalue weighted by Crippen LogP contribution is 2.51. The van der Waals surface area contributed by atoms with E-state index in [2.05, 4.69) is 25.9 Å². The summed E-state index contributed by atoms with van der Waals surface area (Å²) < 4.78 is 26.4. The molecular formula is C24H22FN5O2S2. The molecule has 4 heterocycles. The molecule has 174 valence electrons. The van der Waals surface area contributed by atoms with E-state index in [0.717, 1.165) is 53.5 Å². The van der Waals surface area contributed by atoms with Crippen molar-refractivity contribution in [2.75, 3.05) is 19.9 Å². The number of aromatic nitrogens is 3. The summed E-state index contributed by atoms with van der Waals surface area (Å²) in [6.45, 7) is 1.87. The topological polar surface area (TPSA) is 55.7 Å². The van der Waals surface area contributed by atoms with E-state index in [0.29, 0.717) is 5.11 Å². The van der Waals surface area contributed by atoms with Gasteiger partial charge in [0.1, 0.15) is 18.5 Å². The van der Waals surface area contributed by atoms with E-state index in [9.17, 15) is 4.39 Å². The molecule has 10 heteroatoms. The highest BCUT2D eigenvalue weighted by molar-refractivity contribution is 7.80. The number of likely N-dealkylation sites (tertiary alicyclic amines) is 2. The Balaban J connectivity index is 1.26. The monoisotopic (exact) mass is 495 g/mol. The SMILES string of the molecule is Fc1ccc([C@H]2C(=S)N(C3CCN(C(=S)n4cncn4)CC3)[C@@H]2c2ccc3c(c2)OCO3)cc1. The zero-order valence-corrected chi connectivity index (χ0v) is 19.8. The van der Waals surface area contributed by atoms with E-state index in [1.807, 2.05) is 24.3 Å². The van der Waals surface area contributed by atoms with Crippen LogP contribution < -0.4 is 9.47 Å². The van der Waals surface area contributed by atoms with Crippen LogP contribution in [0.25, 0.3) is 0 Å². The molecule has 0 radical (unpaired) electrons. The third-order valence-corrected chi connectivity index (χ3v) is 7.76. The van der Waals surface area contributed by atoms with Gasteiger partial charge in [0.25, 0.3) is 0 Å². The van der Waals surface area contributed by atoms with Gasteiger partial charge >= 0.3 is 0 Å². The van der Waals surface area contributed by atoms with Crippen LogP contribution in [0, 0.1) is 5.82 Å². The van der Waals surface area contributed by atoms with Gasteiger partial charge in [-0.25, -0.2) is 9.37 Å². The number of hydrogen-bond acceptors (Lipinski definition) is 6. The second-order valence-electron chi connectivity index (χ2n) is 8.67. The first kappa shape index (κ1) is 21.4. The van der Waals surface area contributed by atoms with Gasteiger partial charge in [-0.3, -0.25) is 0 Å². The van der Waals surface area contributed by atoms with Crippen LogP contribution in [0.2, 0.25) is 0 Å². The molecule has 3 aromatic rings. The number of piperidine rings is 1. The van der Waals surface area contributed by atoms with Crippen LogP contribution in [0.5, 0.6) is 11.5 Å². The van der Waals surface area contributed by atoms with E-state index in [1.54, 1.807) is 11.0 Å². The lowest BCUT2D eigenvalue weighted by molar-refractivity contribution is 0.117. The minimum Gasteiger partial charge on any atom is -0.454 e. The van der Waals surface area contributed by atoms with Crippen molar-refractivity contribution < 1.29 is 13.9 Å². The number of halogens is 1. The maximum absolute atomic E-state index is 13.6. The first-order chi connectivity index (χ1) is 16.6. The van der Waals surface area contributed by atoms with Gasteiger partial charge in [0.15, 0.2) is 16.6 Å². The van der Waals surface area contributed by atoms with Crippen LogP contribution in [0.1, 0.15) is 35.9 Å². The lowest BCUT2D eigenvalue weighted by atomic mass is 9.76. The summed E-state index contributed by atoms with van der Waals surface area (Å²) in [4.78, 5) is 9.41. The Kier molecular flexibility index (Phi) is 5.41. The molecule has 6 rings (SSSR count). The Morgan fingerprint density at radius 1 is 1.00 bits per heavy atom. The molecule has 0 spiro atoms. The van der Waals surface area contributed by atoms with Crippen molar-refractivity contribution in [2.24, 2.45) is 0 Å². The van der Waals surface area contributed by atoms with Crippen LogP contribution in [0.15, 0.2) is 55.1 Å². The van der Waals surface area contributed by atoms with Crippen LogP contribution in [-0.2, 0) is 0 Å². The molecule has 3 aliphatic rings. The predicted molar refractivity (Wildman–Crippen MR) is 131 cm³/mol. The Morgan fingerprint density at radius 3 is 2.47 bits per heavy atom. The van der Waals surface area contributed by atoms with Crippen LogP contribution in [0.4, 0.5) is 4.39 Å². The summed E-state index contributed by atoms with van der Waals surface area (Å²) in [6, 6.07) is 13.1. The average molecular weight is 496 g/mol.